The summed E-state index contributed by atoms with van der Waals surface area (Å²) in [4.78, 5) is 84.3. The summed E-state index contributed by atoms with van der Waals surface area (Å²) in [6, 6.07) is 0. The van der Waals surface area contributed by atoms with Crippen molar-refractivity contribution in [1.29, 1.82) is 0 Å². The SMILES string of the molecule is CC(C)(C)C(=O)OCC(COC(=O)NCCCCCOC(=O)NCCCC(O)(P(=O)(O)O)P(=O)(O)O)OC(=O)C(C)(C)C. The molecular formula is C24H46N2O15P2. The zero-order chi connectivity index (χ0) is 33.7. The average molecular weight is 665 g/mol. The van der Waals surface area contributed by atoms with E-state index in [4.69, 9.17) is 38.5 Å². The molecule has 0 aliphatic heterocycles. The van der Waals surface area contributed by atoms with Gasteiger partial charge >= 0.3 is 39.3 Å². The highest BCUT2D eigenvalue weighted by Crippen LogP contribution is 2.69. The van der Waals surface area contributed by atoms with Gasteiger partial charge in [0, 0.05) is 19.5 Å². The second-order valence-corrected chi connectivity index (χ2v) is 15.7. The number of unbranched alkanes of at least 4 members (excludes halogenated alkanes) is 2. The molecule has 0 rings (SSSR count). The minimum Gasteiger partial charge on any atom is -0.461 e. The number of hydrogen-bond donors (Lipinski definition) is 7. The summed E-state index contributed by atoms with van der Waals surface area (Å²) < 4.78 is 43.1. The molecule has 1 unspecified atom stereocenters. The van der Waals surface area contributed by atoms with E-state index in [0.29, 0.717) is 19.3 Å². The smallest absolute Gasteiger partial charge is 0.407 e. The molecule has 0 aliphatic carbocycles. The van der Waals surface area contributed by atoms with Crippen LogP contribution in [0.5, 0.6) is 0 Å². The van der Waals surface area contributed by atoms with Gasteiger partial charge < -0.3 is 54.3 Å². The van der Waals surface area contributed by atoms with Gasteiger partial charge in [0.2, 0.25) is 0 Å². The van der Waals surface area contributed by atoms with Crippen LogP contribution in [-0.2, 0) is 37.7 Å². The Morgan fingerprint density at radius 2 is 1.14 bits per heavy atom. The quantitative estimate of drug-likeness (QED) is 0.0507. The Morgan fingerprint density at radius 3 is 1.63 bits per heavy atom. The second kappa shape index (κ2) is 17.3. The first kappa shape index (κ1) is 40.7. The highest BCUT2D eigenvalue weighted by atomic mass is 31.2. The Kier molecular flexibility index (Phi) is 16.4. The fraction of sp³-hybridized carbons (Fsp3) is 0.833. The van der Waals surface area contributed by atoms with E-state index in [0.717, 1.165) is 0 Å². The van der Waals surface area contributed by atoms with Gasteiger partial charge in [-0.3, -0.25) is 18.7 Å². The molecule has 0 aliphatic rings. The van der Waals surface area contributed by atoms with Gasteiger partial charge in [-0.25, -0.2) is 9.59 Å². The van der Waals surface area contributed by atoms with Crippen molar-refractivity contribution in [3.8, 4) is 0 Å². The molecule has 1 atom stereocenters. The molecule has 0 aromatic heterocycles. The predicted molar refractivity (Wildman–Crippen MR) is 151 cm³/mol. The summed E-state index contributed by atoms with van der Waals surface area (Å²) in [6.45, 7) is 9.26. The van der Waals surface area contributed by atoms with Crippen LogP contribution >= 0.6 is 15.2 Å². The number of carbonyl (C=O) groups excluding carboxylic acids is 4. The number of amides is 2. The van der Waals surface area contributed by atoms with Crippen LogP contribution < -0.4 is 10.6 Å². The van der Waals surface area contributed by atoms with E-state index < -0.39 is 67.8 Å². The third-order valence-corrected chi connectivity index (χ3v) is 9.39. The number of nitrogens with one attached hydrogen (secondary N) is 2. The monoisotopic (exact) mass is 664 g/mol. The third-order valence-electron chi connectivity index (χ3n) is 5.51. The number of alkyl carbamates (subject to hydrolysis) is 2. The Balaban J connectivity index is 4.31. The Hall–Kier alpha value is -2.26. The van der Waals surface area contributed by atoms with Gasteiger partial charge in [-0.15, -0.1) is 0 Å². The zero-order valence-electron chi connectivity index (χ0n) is 25.4. The van der Waals surface area contributed by atoms with E-state index in [1.165, 1.54) is 0 Å². The lowest BCUT2D eigenvalue weighted by atomic mass is 9.97. The molecule has 7 N–H and O–H groups in total. The van der Waals surface area contributed by atoms with Crippen LogP contribution in [0.2, 0.25) is 0 Å². The van der Waals surface area contributed by atoms with E-state index >= 15 is 0 Å². The van der Waals surface area contributed by atoms with Crippen LogP contribution in [0, 0.1) is 10.8 Å². The van der Waals surface area contributed by atoms with Gasteiger partial charge in [0.15, 0.2) is 6.10 Å². The maximum absolute atomic E-state index is 12.3. The van der Waals surface area contributed by atoms with Crippen LogP contribution in [0.4, 0.5) is 9.59 Å². The van der Waals surface area contributed by atoms with Crippen molar-refractivity contribution in [1.82, 2.24) is 10.6 Å². The Bertz CT molecular complexity index is 1000. The maximum atomic E-state index is 12.3. The number of aliphatic hydroxyl groups is 1. The lowest BCUT2D eigenvalue weighted by Crippen LogP contribution is -2.37. The first-order chi connectivity index (χ1) is 19.4. The highest BCUT2D eigenvalue weighted by Gasteiger charge is 2.58. The first-order valence-electron chi connectivity index (χ1n) is 13.4. The highest BCUT2D eigenvalue weighted by molar-refractivity contribution is 7.72. The summed E-state index contributed by atoms with van der Waals surface area (Å²) >= 11 is 0. The molecule has 19 heteroatoms. The van der Waals surface area contributed by atoms with Crippen molar-refractivity contribution in [2.45, 2.75) is 84.8 Å². The molecule has 0 spiro atoms. The van der Waals surface area contributed by atoms with Gasteiger partial charge in [-0.2, -0.15) is 0 Å². The number of rotatable bonds is 17. The lowest BCUT2D eigenvalue weighted by molar-refractivity contribution is -0.171. The Labute approximate surface area is 250 Å². The topological polar surface area (TPSA) is 265 Å². The molecule has 252 valence electrons. The van der Waals surface area contributed by atoms with Gasteiger partial charge in [0.25, 0.3) is 5.08 Å². The minimum absolute atomic E-state index is 0.000703. The van der Waals surface area contributed by atoms with Crippen molar-refractivity contribution in [3.63, 3.8) is 0 Å². The van der Waals surface area contributed by atoms with Crippen LogP contribution in [0.25, 0.3) is 0 Å². The third kappa shape index (κ3) is 15.9. The van der Waals surface area contributed by atoms with Gasteiger partial charge in [0.05, 0.1) is 17.4 Å². The molecule has 0 aromatic rings. The normalized spacial score (nSPS) is 13.5. The van der Waals surface area contributed by atoms with E-state index in [1.807, 2.05) is 0 Å². The fourth-order valence-corrected chi connectivity index (χ4v) is 5.09. The van der Waals surface area contributed by atoms with Crippen LogP contribution in [0.15, 0.2) is 0 Å². The largest absolute Gasteiger partial charge is 0.461 e. The molecule has 2 amide bonds. The van der Waals surface area contributed by atoms with Gasteiger partial charge in [-0.05, 0) is 67.2 Å². The Morgan fingerprint density at radius 1 is 0.674 bits per heavy atom. The second-order valence-electron chi connectivity index (χ2n) is 11.7. The summed E-state index contributed by atoms with van der Waals surface area (Å²) in [7, 11) is -11.1. The molecule has 0 saturated heterocycles. The number of esters is 2. The van der Waals surface area contributed by atoms with E-state index in [2.05, 4.69) is 10.6 Å². The summed E-state index contributed by atoms with van der Waals surface area (Å²) in [5.74, 6) is -1.07. The molecule has 0 aromatic carbocycles. The molecule has 43 heavy (non-hydrogen) atoms. The molecule has 0 heterocycles. The molecule has 0 saturated carbocycles. The summed E-state index contributed by atoms with van der Waals surface area (Å²) in [6.07, 6.45) is -2.53. The van der Waals surface area contributed by atoms with Crippen molar-refractivity contribution in [2.24, 2.45) is 10.8 Å². The van der Waals surface area contributed by atoms with E-state index in [1.54, 1.807) is 41.5 Å². The number of ether oxygens (including phenoxy) is 4. The number of carbonyl (C=O) groups is 4. The molecular weight excluding hydrogens is 618 g/mol. The van der Waals surface area contributed by atoms with E-state index in [-0.39, 0.29) is 39.3 Å². The molecule has 17 nitrogen and oxygen atoms in total. The summed E-state index contributed by atoms with van der Waals surface area (Å²) in [5, 5.41) is 11.0. The van der Waals surface area contributed by atoms with Crippen LogP contribution in [0.3, 0.4) is 0 Å². The maximum Gasteiger partial charge on any atom is 0.407 e. The minimum atomic E-state index is -5.56. The van der Waals surface area contributed by atoms with Gasteiger partial charge in [0.1, 0.15) is 13.2 Å². The lowest BCUT2D eigenvalue weighted by Gasteiger charge is -2.29. The molecule has 0 radical (unpaired) electrons. The van der Waals surface area contributed by atoms with E-state index in [9.17, 15) is 33.4 Å². The van der Waals surface area contributed by atoms with Crippen LogP contribution in [-0.4, -0.2) is 92.9 Å². The fourth-order valence-electron chi connectivity index (χ4n) is 2.84. The van der Waals surface area contributed by atoms with Gasteiger partial charge in [-0.1, -0.05) is 0 Å². The first-order valence-corrected chi connectivity index (χ1v) is 16.7. The van der Waals surface area contributed by atoms with Crippen LogP contribution in [0.1, 0.15) is 73.6 Å². The summed E-state index contributed by atoms with van der Waals surface area (Å²) in [5.41, 5.74) is -1.60. The van der Waals surface area contributed by atoms with Crippen molar-refractivity contribution < 1.29 is 71.9 Å². The standard InChI is InChI=1S/C24H46N2O15P2/c1-22(2,3)18(27)39-15-17(41-19(28)23(4,5)6)16-40-21(30)25-12-8-7-9-14-38-20(29)26-13-10-11-24(31,42(32,33)34)43(35,36)37/h17,31H,7-16H2,1-6H3,(H,25,30)(H,26,29)(H2,32,33,34)(H2,35,36,37). The van der Waals surface area contributed by atoms with Crippen molar-refractivity contribution >= 4 is 39.3 Å². The zero-order valence-corrected chi connectivity index (χ0v) is 27.2. The predicted octanol–water partition coefficient (Wildman–Crippen LogP) is 1.94. The molecule has 0 bridgehead atoms. The average Bonchev–Trinajstić information content (AvgIpc) is 2.84. The van der Waals surface area contributed by atoms with Crippen molar-refractivity contribution in [2.75, 3.05) is 32.9 Å². The number of hydrogen-bond acceptors (Lipinski definition) is 11. The van der Waals surface area contributed by atoms with Crippen molar-refractivity contribution in [3.05, 3.63) is 0 Å². The molecule has 0 fully saturated rings.